The second-order valence-electron chi connectivity index (χ2n) is 7.55. The molecule has 0 spiro atoms. The summed E-state index contributed by atoms with van der Waals surface area (Å²) < 4.78 is 5.55. The number of piperazine rings is 1. The van der Waals surface area contributed by atoms with Crippen LogP contribution in [0, 0.1) is 0 Å². The van der Waals surface area contributed by atoms with Gasteiger partial charge in [-0.05, 0) is 36.8 Å². The van der Waals surface area contributed by atoms with Crippen LogP contribution in [-0.2, 0) is 16.0 Å². The first-order valence-electron chi connectivity index (χ1n) is 9.53. The van der Waals surface area contributed by atoms with Crippen molar-refractivity contribution in [1.82, 2.24) is 9.80 Å². The molecule has 0 radical (unpaired) electrons. The SMILES string of the molecule is C[C@@]1(C(=O)N2CCN(C(=O)c3cccc(Cl)c3)CC2)Cc2ccccc2C(=O)O1. The van der Waals surface area contributed by atoms with Crippen LogP contribution in [0.5, 0.6) is 0 Å². The Morgan fingerprint density at radius 1 is 1.00 bits per heavy atom. The van der Waals surface area contributed by atoms with Crippen molar-refractivity contribution in [3.8, 4) is 0 Å². The summed E-state index contributed by atoms with van der Waals surface area (Å²) in [6.45, 7) is 3.27. The van der Waals surface area contributed by atoms with E-state index in [1.165, 1.54) is 0 Å². The number of carbonyl (C=O) groups excluding carboxylic acids is 3. The van der Waals surface area contributed by atoms with E-state index in [4.69, 9.17) is 16.3 Å². The molecule has 1 saturated heterocycles. The summed E-state index contributed by atoms with van der Waals surface area (Å²) in [4.78, 5) is 41.6. The zero-order valence-corrected chi connectivity index (χ0v) is 16.8. The third kappa shape index (κ3) is 3.72. The summed E-state index contributed by atoms with van der Waals surface area (Å²) in [5, 5.41) is 0.511. The Morgan fingerprint density at radius 3 is 2.41 bits per heavy atom. The van der Waals surface area contributed by atoms with Crippen molar-refractivity contribution < 1.29 is 19.1 Å². The van der Waals surface area contributed by atoms with E-state index in [0.29, 0.717) is 48.7 Å². The van der Waals surface area contributed by atoms with Gasteiger partial charge in [0.1, 0.15) is 0 Å². The highest BCUT2D eigenvalue weighted by molar-refractivity contribution is 6.30. The molecule has 2 heterocycles. The molecule has 0 unspecified atom stereocenters. The maximum atomic E-state index is 13.1. The second-order valence-corrected chi connectivity index (χ2v) is 7.99. The number of esters is 1. The van der Waals surface area contributed by atoms with E-state index in [-0.39, 0.29) is 11.8 Å². The third-order valence-electron chi connectivity index (χ3n) is 5.46. The van der Waals surface area contributed by atoms with Crippen LogP contribution in [-0.4, -0.2) is 59.4 Å². The van der Waals surface area contributed by atoms with Gasteiger partial charge in [0.2, 0.25) is 0 Å². The molecule has 7 heteroatoms. The van der Waals surface area contributed by atoms with E-state index in [9.17, 15) is 14.4 Å². The van der Waals surface area contributed by atoms with Crippen LogP contribution in [0.15, 0.2) is 48.5 Å². The van der Waals surface area contributed by atoms with Gasteiger partial charge in [0.05, 0.1) is 5.56 Å². The number of amides is 2. The lowest BCUT2D eigenvalue weighted by molar-refractivity contribution is -0.152. The number of benzene rings is 2. The smallest absolute Gasteiger partial charge is 0.339 e. The average Bonchev–Trinajstić information content (AvgIpc) is 2.73. The summed E-state index contributed by atoms with van der Waals surface area (Å²) >= 11 is 5.98. The third-order valence-corrected chi connectivity index (χ3v) is 5.70. The predicted octanol–water partition coefficient (Wildman–Crippen LogP) is 2.80. The molecule has 0 aliphatic carbocycles. The maximum absolute atomic E-state index is 13.1. The molecule has 0 N–H and O–H groups in total. The van der Waals surface area contributed by atoms with E-state index < -0.39 is 11.6 Å². The van der Waals surface area contributed by atoms with Crippen molar-refractivity contribution in [2.45, 2.75) is 18.9 Å². The van der Waals surface area contributed by atoms with Crippen LogP contribution >= 0.6 is 11.6 Å². The summed E-state index contributed by atoms with van der Waals surface area (Å²) in [7, 11) is 0. The van der Waals surface area contributed by atoms with Crippen LogP contribution < -0.4 is 0 Å². The van der Waals surface area contributed by atoms with Gasteiger partial charge in [-0.3, -0.25) is 9.59 Å². The summed E-state index contributed by atoms with van der Waals surface area (Å²) in [5.74, 6) is -0.809. The molecule has 0 saturated carbocycles. The highest BCUT2D eigenvalue weighted by atomic mass is 35.5. The number of fused-ring (bicyclic) bond motifs is 1. The number of hydrogen-bond acceptors (Lipinski definition) is 4. The van der Waals surface area contributed by atoms with Crippen LogP contribution in [0.1, 0.15) is 33.2 Å². The largest absolute Gasteiger partial charge is 0.445 e. The molecule has 6 nitrogen and oxygen atoms in total. The Hall–Kier alpha value is -2.86. The summed E-state index contributed by atoms with van der Waals surface area (Å²) in [6, 6.07) is 14.0. The molecule has 2 aliphatic rings. The second kappa shape index (κ2) is 7.52. The van der Waals surface area contributed by atoms with Gasteiger partial charge in [-0.15, -0.1) is 0 Å². The van der Waals surface area contributed by atoms with E-state index in [0.717, 1.165) is 5.56 Å². The highest BCUT2D eigenvalue weighted by Crippen LogP contribution is 2.30. The zero-order chi connectivity index (χ0) is 20.6. The first-order chi connectivity index (χ1) is 13.9. The number of cyclic esters (lactones) is 1. The van der Waals surface area contributed by atoms with Crippen molar-refractivity contribution in [3.63, 3.8) is 0 Å². The molecule has 29 heavy (non-hydrogen) atoms. The van der Waals surface area contributed by atoms with Crippen LogP contribution in [0.3, 0.4) is 0 Å². The number of rotatable bonds is 2. The van der Waals surface area contributed by atoms with Crippen molar-refractivity contribution in [3.05, 3.63) is 70.2 Å². The van der Waals surface area contributed by atoms with Crippen molar-refractivity contribution in [2.75, 3.05) is 26.2 Å². The van der Waals surface area contributed by atoms with Gasteiger partial charge in [0.15, 0.2) is 5.60 Å². The lowest BCUT2D eigenvalue weighted by atomic mass is 9.88. The molecular formula is C22H21ClN2O4. The topological polar surface area (TPSA) is 66.9 Å². The number of carbonyl (C=O) groups is 3. The Labute approximate surface area is 174 Å². The first kappa shape index (κ1) is 19.5. The Bertz CT molecular complexity index is 984. The molecule has 2 aromatic carbocycles. The lowest BCUT2D eigenvalue weighted by Crippen LogP contribution is -2.58. The van der Waals surface area contributed by atoms with Crippen molar-refractivity contribution in [1.29, 1.82) is 0 Å². The first-order valence-corrected chi connectivity index (χ1v) is 9.91. The maximum Gasteiger partial charge on any atom is 0.339 e. The highest BCUT2D eigenvalue weighted by Gasteiger charge is 2.45. The minimum absolute atomic E-state index is 0.108. The van der Waals surface area contributed by atoms with E-state index in [1.807, 2.05) is 12.1 Å². The quantitative estimate of drug-likeness (QED) is 0.711. The molecule has 0 aromatic heterocycles. The summed E-state index contributed by atoms with van der Waals surface area (Å²) in [5.41, 5.74) is 0.621. The van der Waals surface area contributed by atoms with Gasteiger partial charge in [-0.1, -0.05) is 35.9 Å². The standard InChI is InChI=1S/C22H21ClN2O4/c1-22(14-16-5-2-3-8-18(16)20(27)29-22)21(28)25-11-9-24(10-12-25)19(26)15-6-4-7-17(23)13-15/h2-8,13H,9-12,14H2,1H3/t22-/m0/s1. The van der Waals surface area contributed by atoms with Crippen molar-refractivity contribution >= 4 is 29.4 Å². The van der Waals surface area contributed by atoms with Crippen molar-refractivity contribution in [2.24, 2.45) is 0 Å². The fourth-order valence-electron chi connectivity index (χ4n) is 3.90. The minimum Gasteiger partial charge on any atom is -0.445 e. The van der Waals surface area contributed by atoms with Gasteiger partial charge >= 0.3 is 5.97 Å². The zero-order valence-electron chi connectivity index (χ0n) is 16.1. The van der Waals surface area contributed by atoms with Gasteiger partial charge < -0.3 is 14.5 Å². The molecule has 2 aliphatic heterocycles. The van der Waals surface area contributed by atoms with Crippen LogP contribution in [0.4, 0.5) is 0 Å². The number of halogens is 1. The predicted molar refractivity (Wildman–Crippen MR) is 108 cm³/mol. The van der Waals surface area contributed by atoms with Gasteiger partial charge in [0.25, 0.3) is 11.8 Å². The van der Waals surface area contributed by atoms with E-state index in [1.54, 1.807) is 53.1 Å². The Balaban J connectivity index is 1.43. The number of nitrogens with zero attached hydrogens (tertiary/aromatic N) is 2. The molecule has 1 fully saturated rings. The molecular weight excluding hydrogens is 392 g/mol. The fraction of sp³-hybridized carbons (Fsp3) is 0.318. The van der Waals surface area contributed by atoms with Crippen LogP contribution in [0.25, 0.3) is 0 Å². The normalized spacial score (nSPS) is 21.4. The summed E-state index contributed by atoms with van der Waals surface area (Å²) in [6.07, 6.45) is 0.343. The monoisotopic (exact) mass is 412 g/mol. The van der Waals surface area contributed by atoms with Gasteiger partial charge in [0, 0.05) is 43.2 Å². The molecule has 2 amide bonds. The molecule has 2 aromatic rings. The fourth-order valence-corrected chi connectivity index (χ4v) is 4.09. The van der Waals surface area contributed by atoms with Gasteiger partial charge in [-0.25, -0.2) is 4.79 Å². The van der Waals surface area contributed by atoms with Gasteiger partial charge in [-0.2, -0.15) is 0 Å². The Kier molecular flexibility index (Phi) is 5.04. The van der Waals surface area contributed by atoms with Crippen LogP contribution in [0.2, 0.25) is 5.02 Å². The minimum atomic E-state index is -1.23. The molecule has 4 rings (SSSR count). The van der Waals surface area contributed by atoms with E-state index in [2.05, 4.69) is 0 Å². The van der Waals surface area contributed by atoms with E-state index >= 15 is 0 Å². The molecule has 0 bridgehead atoms. The number of ether oxygens (including phenoxy) is 1. The lowest BCUT2D eigenvalue weighted by Gasteiger charge is -2.40. The molecule has 150 valence electrons. The molecule has 1 atom stereocenters. The number of hydrogen-bond donors (Lipinski definition) is 0. The average molecular weight is 413 g/mol. The Morgan fingerprint density at radius 2 is 1.69 bits per heavy atom.